The first-order chi connectivity index (χ1) is 11.7. The van der Waals surface area contributed by atoms with E-state index in [9.17, 15) is 14.9 Å². The molecule has 0 aliphatic carbocycles. The van der Waals surface area contributed by atoms with Gasteiger partial charge in [-0.15, -0.1) is 0 Å². The lowest BCUT2D eigenvalue weighted by Crippen LogP contribution is -2.03. The molecule has 1 aromatic carbocycles. The van der Waals surface area contributed by atoms with E-state index in [0.717, 1.165) is 6.07 Å². The predicted octanol–water partition coefficient (Wildman–Crippen LogP) is 2.56. The van der Waals surface area contributed by atoms with Gasteiger partial charge < -0.3 is 15.4 Å². The van der Waals surface area contributed by atoms with Gasteiger partial charge in [0.2, 0.25) is 5.82 Å². The fourth-order valence-corrected chi connectivity index (χ4v) is 1.70. The molecule has 2 N–H and O–H groups in total. The molecular weight excluding hydrogens is 288 g/mol. The largest absolute Gasteiger partial charge is 0.465 e. The molecule has 8 heteroatoms. The number of rotatable bonds is 5. The zero-order valence-electron chi connectivity index (χ0n) is 14.5. The van der Waals surface area contributed by atoms with Crippen molar-refractivity contribution in [1.82, 2.24) is 4.98 Å². The summed E-state index contributed by atoms with van der Waals surface area (Å²) < 4.78 is 26.1. The third kappa shape index (κ3) is 3.29. The van der Waals surface area contributed by atoms with Crippen molar-refractivity contribution in [3.05, 3.63) is 52.1 Å². The lowest BCUT2D eigenvalue weighted by Gasteiger charge is -2.08. The van der Waals surface area contributed by atoms with Gasteiger partial charge in [0.1, 0.15) is 5.82 Å². The van der Waals surface area contributed by atoms with Crippen molar-refractivity contribution < 1.29 is 18.6 Å². The molecule has 1 heterocycles. The van der Waals surface area contributed by atoms with Crippen LogP contribution in [0.15, 0.2) is 36.4 Å². The number of nitrogens with one attached hydrogen (secondary N) is 2. The number of ether oxygens (including phenoxy) is 1. The normalized spacial score (nSPS) is 12.5. The second-order valence-corrected chi connectivity index (χ2v) is 4.14. The summed E-state index contributed by atoms with van der Waals surface area (Å²) in [7, 11) is 1.26. The molecule has 0 atom stereocenters. The zero-order valence-corrected chi connectivity index (χ0v) is 11.5. The smallest absolute Gasteiger partial charge is 0.337 e. The summed E-state index contributed by atoms with van der Waals surface area (Å²) >= 11 is 0. The molecule has 2 aromatic rings. The molecule has 8 nitrogen and oxygen atoms in total. The highest BCUT2D eigenvalue weighted by molar-refractivity contribution is 5.89. The van der Waals surface area contributed by atoms with Gasteiger partial charge >= 0.3 is 11.7 Å². The number of esters is 1. The Morgan fingerprint density at radius 3 is 2.64 bits per heavy atom. The van der Waals surface area contributed by atoms with Crippen molar-refractivity contribution in [2.24, 2.45) is 0 Å². The van der Waals surface area contributed by atoms with E-state index in [4.69, 9.17) is 4.11 Å². The van der Waals surface area contributed by atoms with E-state index in [2.05, 4.69) is 20.4 Å². The lowest BCUT2D eigenvalue weighted by molar-refractivity contribution is -0.384. The van der Waals surface area contributed by atoms with Crippen molar-refractivity contribution in [1.29, 1.82) is 0 Å². The van der Waals surface area contributed by atoms with Crippen LogP contribution in [0.4, 0.5) is 23.0 Å². The Balaban J connectivity index is 2.31. The van der Waals surface area contributed by atoms with E-state index in [-0.39, 0.29) is 17.3 Å². The SMILES string of the molecule is [2H]C([2H])([2H])Nc1ccc([N+](=O)[O-])c(Nc2ccc(C(=O)OC)cc2)n1. The minimum Gasteiger partial charge on any atom is -0.465 e. The minimum atomic E-state index is -2.48. The molecule has 1 aromatic heterocycles. The summed E-state index contributed by atoms with van der Waals surface area (Å²) in [6, 6.07) is 8.33. The number of nitro groups is 1. The van der Waals surface area contributed by atoms with E-state index >= 15 is 0 Å². The van der Waals surface area contributed by atoms with Crippen LogP contribution in [0.5, 0.6) is 0 Å². The number of pyridine rings is 1. The van der Waals surface area contributed by atoms with Crippen molar-refractivity contribution in [3.63, 3.8) is 0 Å². The molecule has 0 aliphatic heterocycles. The highest BCUT2D eigenvalue weighted by Gasteiger charge is 2.16. The molecule has 2 rings (SSSR count). The summed E-state index contributed by atoms with van der Waals surface area (Å²) in [5.41, 5.74) is 0.413. The van der Waals surface area contributed by atoms with Crippen LogP contribution in [-0.2, 0) is 4.74 Å². The summed E-state index contributed by atoms with van der Waals surface area (Å²) in [5, 5.41) is 16.0. The number of anilines is 3. The third-order valence-electron chi connectivity index (χ3n) is 2.77. The fraction of sp³-hybridized carbons (Fsp3) is 0.143. The summed E-state index contributed by atoms with van der Waals surface area (Å²) in [6.07, 6.45) is 0. The predicted molar refractivity (Wildman–Crippen MR) is 81.5 cm³/mol. The maximum Gasteiger partial charge on any atom is 0.337 e. The number of hydrogen-bond acceptors (Lipinski definition) is 7. The van der Waals surface area contributed by atoms with Gasteiger partial charge in [-0.2, -0.15) is 0 Å². The fourth-order valence-electron chi connectivity index (χ4n) is 1.70. The van der Waals surface area contributed by atoms with Crippen LogP contribution < -0.4 is 10.6 Å². The van der Waals surface area contributed by atoms with Crippen LogP contribution in [0.2, 0.25) is 0 Å². The molecule has 0 unspecified atom stereocenters. The molecule has 0 aliphatic rings. The highest BCUT2D eigenvalue weighted by atomic mass is 16.6. The molecule has 0 radical (unpaired) electrons. The van der Waals surface area contributed by atoms with E-state index < -0.39 is 17.9 Å². The van der Waals surface area contributed by atoms with Crippen molar-refractivity contribution in [2.45, 2.75) is 0 Å². The van der Waals surface area contributed by atoms with Crippen molar-refractivity contribution in [2.75, 3.05) is 24.7 Å². The van der Waals surface area contributed by atoms with E-state index in [1.165, 1.54) is 37.4 Å². The Labute approximate surface area is 130 Å². The summed E-state index contributed by atoms with van der Waals surface area (Å²) in [5.74, 6) is -0.691. The van der Waals surface area contributed by atoms with Gasteiger partial charge in [-0.05, 0) is 30.3 Å². The lowest BCUT2D eigenvalue weighted by atomic mass is 10.2. The standard InChI is InChI=1S/C14H14N4O4/c1-15-12-8-7-11(18(20)21)13(17-12)16-10-5-3-9(4-6-10)14(19)22-2/h3-8H,1-2H3,(H2,15,16,17)/i1D3. The average Bonchev–Trinajstić information content (AvgIpc) is 2.53. The van der Waals surface area contributed by atoms with Gasteiger partial charge in [-0.3, -0.25) is 10.1 Å². The Bertz CT molecular complexity index is 794. The number of aromatic nitrogens is 1. The van der Waals surface area contributed by atoms with E-state index in [1.54, 1.807) is 0 Å². The zero-order chi connectivity index (χ0) is 18.6. The van der Waals surface area contributed by atoms with Crippen LogP contribution in [0.1, 0.15) is 14.5 Å². The third-order valence-corrected chi connectivity index (χ3v) is 2.77. The Hall–Kier alpha value is -3.16. The average molecular weight is 305 g/mol. The number of hydrogen-bond donors (Lipinski definition) is 2. The van der Waals surface area contributed by atoms with Crippen LogP contribution in [0.3, 0.4) is 0 Å². The van der Waals surface area contributed by atoms with Crippen LogP contribution in [0, 0.1) is 10.1 Å². The number of carbonyl (C=O) groups excluding carboxylic acids is 1. The number of methoxy groups -OCH3 is 1. The van der Waals surface area contributed by atoms with E-state index in [0.29, 0.717) is 11.3 Å². The molecule has 0 saturated heterocycles. The van der Waals surface area contributed by atoms with Gasteiger partial charge in [0.25, 0.3) is 0 Å². The highest BCUT2D eigenvalue weighted by Crippen LogP contribution is 2.27. The maximum absolute atomic E-state index is 11.4. The number of nitrogens with zero attached hydrogens (tertiary/aromatic N) is 2. The first-order valence-corrected chi connectivity index (χ1v) is 6.08. The number of carbonyl (C=O) groups is 1. The minimum absolute atomic E-state index is 0.0423. The van der Waals surface area contributed by atoms with Gasteiger partial charge in [0, 0.05) is 22.8 Å². The Kier molecular flexibility index (Phi) is 3.41. The van der Waals surface area contributed by atoms with Crippen molar-refractivity contribution in [3.8, 4) is 0 Å². The molecule has 0 fully saturated rings. The van der Waals surface area contributed by atoms with Gasteiger partial charge in [0.15, 0.2) is 0 Å². The molecule has 22 heavy (non-hydrogen) atoms. The van der Waals surface area contributed by atoms with Crippen LogP contribution >= 0.6 is 0 Å². The van der Waals surface area contributed by atoms with Gasteiger partial charge in [0.05, 0.1) is 17.6 Å². The Morgan fingerprint density at radius 2 is 2.05 bits per heavy atom. The summed E-state index contributed by atoms with van der Waals surface area (Å²) in [6.45, 7) is -2.48. The molecular formula is C14H14N4O4. The maximum atomic E-state index is 11.4. The second-order valence-electron chi connectivity index (χ2n) is 4.14. The van der Waals surface area contributed by atoms with Crippen LogP contribution in [-0.4, -0.2) is 30.0 Å². The van der Waals surface area contributed by atoms with Crippen LogP contribution in [0.25, 0.3) is 0 Å². The quantitative estimate of drug-likeness (QED) is 0.496. The monoisotopic (exact) mass is 305 g/mol. The second kappa shape index (κ2) is 6.53. The first kappa shape index (κ1) is 11.5. The molecule has 0 bridgehead atoms. The van der Waals surface area contributed by atoms with Crippen molar-refractivity contribution >= 4 is 29.0 Å². The number of benzene rings is 1. The van der Waals surface area contributed by atoms with E-state index in [1.807, 2.05) is 0 Å². The molecule has 0 amide bonds. The van der Waals surface area contributed by atoms with Gasteiger partial charge in [-0.1, -0.05) is 0 Å². The molecule has 114 valence electrons. The topological polar surface area (TPSA) is 106 Å². The first-order valence-electron chi connectivity index (χ1n) is 7.58. The summed E-state index contributed by atoms with van der Waals surface area (Å²) in [4.78, 5) is 25.8. The Morgan fingerprint density at radius 1 is 1.32 bits per heavy atom. The van der Waals surface area contributed by atoms with Gasteiger partial charge in [-0.25, -0.2) is 9.78 Å². The molecule has 0 saturated carbocycles. The molecule has 0 spiro atoms.